The van der Waals surface area contributed by atoms with E-state index in [0.717, 1.165) is 5.56 Å². The second kappa shape index (κ2) is 5.12. The smallest absolute Gasteiger partial charge is 0.252 e. The van der Waals surface area contributed by atoms with Gasteiger partial charge in [0.1, 0.15) is 0 Å². The Labute approximate surface area is 122 Å². The summed E-state index contributed by atoms with van der Waals surface area (Å²) in [5, 5.41) is 12.6. The summed E-state index contributed by atoms with van der Waals surface area (Å²) in [7, 11) is 3.34. The van der Waals surface area contributed by atoms with E-state index in [-0.39, 0.29) is 28.1 Å². The molecule has 0 saturated carbocycles. The van der Waals surface area contributed by atoms with Gasteiger partial charge in [-0.2, -0.15) is 0 Å². The van der Waals surface area contributed by atoms with E-state index in [1.807, 2.05) is 26.8 Å². The van der Waals surface area contributed by atoms with Crippen molar-refractivity contribution in [2.45, 2.75) is 52.4 Å². The maximum atomic E-state index is 12.6. The maximum Gasteiger partial charge on any atom is 0.252 e. The number of nitrogens with zero attached hydrogens (tertiary/aromatic N) is 1. The van der Waals surface area contributed by atoms with E-state index in [4.69, 9.17) is 0 Å². The normalized spacial score (nSPS) is 12.4. The molecule has 0 aromatic heterocycles. The fourth-order valence-electron chi connectivity index (χ4n) is 2.02. The SMILES string of the molecule is CN(C)C(=O)c1cc(C(C)(C)C)cc(C(C)(C)C)c1[O-]. The van der Waals surface area contributed by atoms with Gasteiger partial charge in [-0.15, -0.1) is 0 Å². The Morgan fingerprint density at radius 3 is 1.85 bits per heavy atom. The summed E-state index contributed by atoms with van der Waals surface area (Å²) in [6.07, 6.45) is 0. The molecule has 0 bridgehead atoms. The third-order valence-corrected chi connectivity index (χ3v) is 3.40. The van der Waals surface area contributed by atoms with E-state index in [0.29, 0.717) is 5.56 Å². The zero-order valence-corrected chi connectivity index (χ0v) is 13.9. The first-order valence-corrected chi connectivity index (χ1v) is 6.93. The van der Waals surface area contributed by atoms with Crippen molar-refractivity contribution >= 4 is 5.91 Å². The Bertz CT molecular complexity index is 517. The van der Waals surface area contributed by atoms with Crippen LogP contribution in [0, 0.1) is 0 Å². The molecule has 1 aromatic rings. The number of carbonyl (C=O) groups is 1. The minimum absolute atomic E-state index is 0.102. The van der Waals surface area contributed by atoms with Crippen LogP contribution in [-0.2, 0) is 10.8 Å². The molecule has 3 heteroatoms. The molecular formula is C17H26NO2-. The highest BCUT2D eigenvalue weighted by Gasteiger charge is 2.24. The number of benzene rings is 1. The number of hydrogen-bond acceptors (Lipinski definition) is 2. The number of amides is 1. The fraction of sp³-hybridized carbons (Fsp3) is 0.588. The summed E-state index contributed by atoms with van der Waals surface area (Å²) in [5.41, 5.74) is 1.61. The second-order valence-electron chi connectivity index (χ2n) is 7.60. The van der Waals surface area contributed by atoms with Gasteiger partial charge in [-0.05, 0) is 28.0 Å². The molecule has 0 unspecified atom stereocenters. The van der Waals surface area contributed by atoms with Gasteiger partial charge in [0.05, 0.1) is 0 Å². The Kier molecular flexibility index (Phi) is 4.23. The molecule has 0 spiro atoms. The van der Waals surface area contributed by atoms with Gasteiger partial charge in [-0.25, -0.2) is 0 Å². The van der Waals surface area contributed by atoms with Crippen molar-refractivity contribution in [1.82, 2.24) is 4.90 Å². The predicted octanol–water partition coefficient (Wildman–Crippen LogP) is 3.06. The monoisotopic (exact) mass is 276 g/mol. The van der Waals surface area contributed by atoms with Crippen molar-refractivity contribution in [3.05, 3.63) is 28.8 Å². The summed E-state index contributed by atoms with van der Waals surface area (Å²) in [5.74, 6) is -0.379. The van der Waals surface area contributed by atoms with Gasteiger partial charge in [0.2, 0.25) is 0 Å². The van der Waals surface area contributed by atoms with Gasteiger partial charge < -0.3 is 10.0 Å². The minimum Gasteiger partial charge on any atom is -0.872 e. The average Bonchev–Trinajstić information content (AvgIpc) is 2.24. The van der Waals surface area contributed by atoms with E-state index in [2.05, 4.69) is 20.8 Å². The van der Waals surface area contributed by atoms with Gasteiger partial charge in [0.15, 0.2) is 0 Å². The lowest BCUT2D eigenvalue weighted by molar-refractivity contribution is -0.270. The van der Waals surface area contributed by atoms with E-state index >= 15 is 0 Å². The lowest BCUT2D eigenvalue weighted by Gasteiger charge is -2.32. The Balaban J connectivity index is 3.64. The number of rotatable bonds is 1. The van der Waals surface area contributed by atoms with E-state index in [1.54, 1.807) is 20.2 Å². The second-order valence-corrected chi connectivity index (χ2v) is 7.60. The van der Waals surface area contributed by atoms with Crippen LogP contribution >= 0.6 is 0 Å². The van der Waals surface area contributed by atoms with Crippen LogP contribution in [0.1, 0.15) is 63.0 Å². The summed E-state index contributed by atoms with van der Waals surface area (Å²) in [6, 6.07) is 3.70. The molecule has 0 heterocycles. The molecule has 0 saturated heterocycles. The third-order valence-electron chi connectivity index (χ3n) is 3.40. The highest BCUT2D eigenvalue weighted by atomic mass is 16.3. The van der Waals surface area contributed by atoms with Crippen LogP contribution in [0.15, 0.2) is 12.1 Å². The summed E-state index contributed by atoms with van der Waals surface area (Å²) in [6.45, 7) is 12.3. The number of hydrogen-bond donors (Lipinski definition) is 0. The van der Waals surface area contributed by atoms with Gasteiger partial charge >= 0.3 is 0 Å². The summed E-state index contributed by atoms with van der Waals surface area (Å²) < 4.78 is 0. The zero-order valence-electron chi connectivity index (χ0n) is 13.9. The molecule has 20 heavy (non-hydrogen) atoms. The Hall–Kier alpha value is -1.51. The van der Waals surface area contributed by atoms with Gasteiger partial charge in [0.25, 0.3) is 5.91 Å². The van der Waals surface area contributed by atoms with Crippen molar-refractivity contribution < 1.29 is 9.90 Å². The van der Waals surface area contributed by atoms with Crippen molar-refractivity contribution in [2.75, 3.05) is 14.1 Å². The van der Waals surface area contributed by atoms with Crippen LogP contribution in [0.3, 0.4) is 0 Å². The van der Waals surface area contributed by atoms with Crippen LogP contribution < -0.4 is 5.11 Å². The minimum atomic E-state index is -0.278. The van der Waals surface area contributed by atoms with Crippen molar-refractivity contribution in [2.24, 2.45) is 0 Å². The van der Waals surface area contributed by atoms with Crippen LogP contribution in [0.25, 0.3) is 0 Å². The molecular weight excluding hydrogens is 250 g/mol. The lowest BCUT2D eigenvalue weighted by Crippen LogP contribution is -2.26. The van der Waals surface area contributed by atoms with Crippen molar-refractivity contribution in [3.8, 4) is 5.75 Å². The molecule has 3 nitrogen and oxygen atoms in total. The van der Waals surface area contributed by atoms with Crippen LogP contribution in [0.5, 0.6) is 5.75 Å². The van der Waals surface area contributed by atoms with Crippen molar-refractivity contribution in [1.29, 1.82) is 0 Å². The highest BCUT2D eigenvalue weighted by Crippen LogP contribution is 2.36. The first kappa shape index (κ1) is 16.5. The summed E-state index contributed by atoms with van der Waals surface area (Å²) in [4.78, 5) is 13.7. The van der Waals surface area contributed by atoms with E-state index < -0.39 is 0 Å². The quantitative estimate of drug-likeness (QED) is 0.791. The molecule has 0 aliphatic rings. The standard InChI is InChI=1S/C17H27NO2/c1-16(2,3)11-9-12(15(20)18(7)8)14(19)13(10-11)17(4,5)6/h9-10,19H,1-8H3/p-1. The molecule has 0 N–H and O–H groups in total. The molecule has 1 rings (SSSR count). The van der Waals surface area contributed by atoms with Gasteiger partial charge in [0, 0.05) is 19.7 Å². The molecule has 1 amide bonds. The van der Waals surface area contributed by atoms with Crippen LogP contribution in [-0.4, -0.2) is 24.9 Å². The third kappa shape index (κ3) is 3.33. The predicted molar refractivity (Wildman–Crippen MR) is 81.3 cm³/mol. The molecule has 112 valence electrons. The Morgan fingerprint density at radius 1 is 1.00 bits per heavy atom. The Morgan fingerprint density at radius 2 is 1.50 bits per heavy atom. The first-order valence-electron chi connectivity index (χ1n) is 6.93. The van der Waals surface area contributed by atoms with Crippen LogP contribution in [0.4, 0.5) is 0 Å². The molecule has 0 aliphatic heterocycles. The largest absolute Gasteiger partial charge is 0.872 e. The number of carbonyl (C=O) groups excluding carboxylic acids is 1. The van der Waals surface area contributed by atoms with Gasteiger partial charge in [-0.3, -0.25) is 4.79 Å². The van der Waals surface area contributed by atoms with Crippen molar-refractivity contribution in [3.63, 3.8) is 0 Å². The molecule has 0 atom stereocenters. The molecule has 1 aromatic carbocycles. The van der Waals surface area contributed by atoms with E-state index in [1.165, 1.54) is 4.90 Å². The maximum absolute atomic E-state index is 12.6. The highest BCUT2D eigenvalue weighted by molar-refractivity contribution is 5.97. The first-order chi connectivity index (χ1) is 8.85. The zero-order chi connectivity index (χ0) is 15.9. The fourth-order valence-corrected chi connectivity index (χ4v) is 2.02. The lowest BCUT2D eigenvalue weighted by atomic mass is 9.79. The average molecular weight is 276 g/mol. The summed E-state index contributed by atoms with van der Waals surface area (Å²) >= 11 is 0. The molecule has 0 aliphatic carbocycles. The van der Waals surface area contributed by atoms with Crippen LogP contribution in [0.2, 0.25) is 0 Å². The topological polar surface area (TPSA) is 43.4 Å². The molecule has 0 radical (unpaired) electrons. The van der Waals surface area contributed by atoms with Gasteiger partial charge in [-0.1, -0.05) is 53.4 Å². The molecule has 0 fully saturated rings. The van der Waals surface area contributed by atoms with E-state index in [9.17, 15) is 9.90 Å².